The average Bonchev–Trinajstić information content (AvgIpc) is 2.77. The summed E-state index contributed by atoms with van der Waals surface area (Å²) in [6.07, 6.45) is 5.14. The van der Waals surface area contributed by atoms with Crippen LogP contribution in [0.5, 0.6) is 0 Å². The van der Waals surface area contributed by atoms with Crippen LogP contribution in [0.4, 0.5) is 0 Å². The topological polar surface area (TPSA) is 33.5 Å². The maximum Gasteiger partial charge on any atom is 0.153 e. The summed E-state index contributed by atoms with van der Waals surface area (Å²) >= 11 is 0. The number of furan rings is 1. The van der Waals surface area contributed by atoms with Crippen molar-refractivity contribution < 1.29 is 9.21 Å². The van der Waals surface area contributed by atoms with E-state index in [9.17, 15) is 4.79 Å². The van der Waals surface area contributed by atoms with Gasteiger partial charge in [-0.2, -0.15) is 0 Å². The van der Waals surface area contributed by atoms with E-state index in [1.54, 1.807) is 6.26 Å². The Bertz CT molecular complexity index is 324. The fourth-order valence-corrected chi connectivity index (χ4v) is 1.98. The molecule has 0 spiro atoms. The van der Waals surface area contributed by atoms with Crippen molar-refractivity contribution in [1.82, 2.24) is 4.90 Å². The number of likely N-dealkylation sites (tertiary alicyclic amines) is 1. The van der Waals surface area contributed by atoms with Crippen LogP contribution < -0.4 is 0 Å². The molecule has 1 aromatic heterocycles. The smallest absolute Gasteiger partial charge is 0.153 e. The van der Waals surface area contributed by atoms with Crippen molar-refractivity contribution >= 4 is 6.29 Å². The fraction of sp³-hybridized carbons (Fsp3) is 0.545. The number of carbonyl (C=O) groups is 1. The third-order valence-electron chi connectivity index (χ3n) is 2.81. The second kappa shape index (κ2) is 3.96. The number of aryl methyl sites for hydroxylation is 1. The Morgan fingerprint density at radius 3 is 2.86 bits per heavy atom. The van der Waals surface area contributed by atoms with Gasteiger partial charge in [-0.1, -0.05) is 0 Å². The Morgan fingerprint density at radius 2 is 2.21 bits per heavy atom. The molecule has 0 aliphatic carbocycles. The van der Waals surface area contributed by atoms with Crippen LogP contribution in [0.3, 0.4) is 0 Å². The third kappa shape index (κ3) is 1.73. The van der Waals surface area contributed by atoms with Gasteiger partial charge < -0.3 is 4.42 Å². The van der Waals surface area contributed by atoms with Crippen LogP contribution in [-0.4, -0.2) is 24.3 Å². The Morgan fingerprint density at radius 1 is 1.50 bits per heavy atom. The van der Waals surface area contributed by atoms with Crippen molar-refractivity contribution in [3.63, 3.8) is 0 Å². The van der Waals surface area contributed by atoms with Gasteiger partial charge in [-0.25, -0.2) is 0 Å². The van der Waals surface area contributed by atoms with E-state index in [-0.39, 0.29) is 0 Å². The lowest BCUT2D eigenvalue weighted by atomic mass is 10.1. The molecule has 0 bridgehead atoms. The number of hydrogen-bond donors (Lipinski definition) is 0. The summed E-state index contributed by atoms with van der Waals surface area (Å²) < 4.78 is 5.24. The molecular formula is C11H15NO2. The van der Waals surface area contributed by atoms with E-state index < -0.39 is 0 Å². The van der Waals surface area contributed by atoms with Gasteiger partial charge in [0.25, 0.3) is 0 Å². The van der Waals surface area contributed by atoms with Crippen molar-refractivity contribution in [2.24, 2.45) is 0 Å². The van der Waals surface area contributed by atoms with Gasteiger partial charge >= 0.3 is 0 Å². The summed E-state index contributed by atoms with van der Waals surface area (Å²) in [5.74, 6) is 0.731. The van der Waals surface area contributed by atoms with E-state index in [2.05, 4.69) is 4.90 Å². The van der Waals surface area contributed by atoms with E-state index >= 15 is 0 Å². The van der Waals surface area contributed by atoms with Gasteiger partial charge in [-0.3, -0.25) is 9.69 Å². The van der Waals surface area contributed by atoms with Gasteiger partial charge in [0.15, 0.2) is 6.29 Å². The van der Waals surface area contributed by atoms with Crippen LogP contribution in [-0.2, 0) is 6.54 Å². The molecule has 0 aromatic carbocycles. The van der Waals surface area contributed by atoms with E-state index in [4.69, 9.17) is 4.42 Å². The Hall–Kier alpha value is -1.09. The average molecular weight is 193 g/mol. The molecule has 3 heteroatoms. The summed E-state index contributed by atoms with van der Waals surface area (Å²) in [7, 11) is 0. The minimum atomic E-state index is 0.731. The summed E-state index contributed by atoms with van der Waals surface area (Å²) in [6, 6.07) is 0. The number of rotatable bonds is 3. The maximum absolute atomic E-state index is 10.8. The van der Waals surface area contributed by atoms with Crippen LogP contribution in [0, 0.1) is 6.92 Å². The van der Waals surface area contributed by atoms with Crippen LogP contribution >= 0.6 is 0 Å². The van der Waals surface area contributed by atoms with Crippen molar-refractivity contribution in [3.8, 4) is 0 Å². The molecule has 0 saturated carbocycles. The predicted octanol–water partition coefficient (Wildman–Crippen LogP) is 2.00. The second-order valence-corrected chi connectivity index (χ2v) is 3.83. The first kappa shape index (κ1) is 9.46. The van der Waals surface area contributed by atoms with Gasteiger partial charge in [0.05, 0.1) is 11.8 Å². The SMILES string of the molecule is Cc1occ(CN2CCCC2)c1C=O. The van der Waals surface area contributed by atoms with Crippen LogP contribution in [0.25, 0.3) is 0 Å². The summed E-state index contributed by atoms with van der Waals surface area (Å²) in [4.78, 5) is 13.2. The Kier molecular flexibility index (Phi) is 2.68. The monoisotopic (exact) mass is 193 g/mol. The summed E-state index contributed by atoms with van der Waals surface area (Å²) in [5.41, 5.74) is 1.76. The van der Waals surface area contributed by atoms with Crippen molar-refractivity contribution in [2.45, 2.75) is 26.3 Å². The maximum atomic E-state index is 10.8. The van der Waals surface area contributed by atoms with Crippen molar-refractivity contribution in [2.75, 3.05) is 13.1 Å². The van der Waals surface area contributed by atoms with Crippen molar-refractivity contribution in [3.05, 3.63) is 23.2 Å². The zero-order valence-corrected chi connectivity index (χ0v) is 8.45. The first-order valence-electron chi connectivity index (χ1n) is 5.06. The highest BCUT2D eigenvalue weighted by Gasteiger charge is 2.16. The first-order chi connectivity index (χ1) is 6.81. The molecule has 2 rings (SSSR count). The standard InChI is InChI=1S/C11H15NO2/c1-9-11(7-13)10(8-14-9)6-12-4-2-3-5-12/h7-8H,2-6H2,1H3. The lowest BCUT2D eigenvalue weighted by Crippen LogP contribution is -2.18. The van der Waals surface area contributed by atoms with Gasteiger partial charge in [-0.15, -0.1) is 0 Å². The molecule has 76 valence electrons. The molecule has 0 amide bonds. The Labute approximate surface area is 83.7 Å². The lowest BCUT2D eigenvalue weighted by molar-refractivity contribution is 0.112. The van der Waals surface area contributed by atoms with E-state index in [1.807, 2.05) is 6.92 Å². The van der Waals surface area contributed by atoms with E-state index in [0.717, 1.165) is 42.8 Å². The minimum absolute atomic E-state index is 0.731. The molecule has 3 nitrogen and oxygen atoms in total. The zero-order chi connectivity index (χ0) is 9.97. The molecule has 1 aliphatic rings. The number of nitrogens with zero attached hydrogens (tertiary/aromatic N) is 1. The zero-order valence-electron chi connectivity index (χ0n) is 8.45. The highest BCUT2D eigenvalue weighted by molar-refractivity contribution is 5.78. The van der Waals surface area contributed by atoms with Crippen LogP contribution in [0.1, 0.15) is 34.5 Å². The number of hydrogen-bond acceptors (Lipinski definition) is 3. The molecule has 2 heterocycles. The van der Waals surface area contributed by atoms with E-state index in [1.165, 1.54) is 12.8 Å². The molecule has 0 unspecified atom stereocenters. The molecule has 1 fully saturated rings. The van der Waals surface area contributed by atoms with Gasteiger partial charge in [0.2, 0.25) is 0 Å². The summed E-state index contributed by atoms with van der Waals surface area (Å²) in [5, 5.41) is 0. The molecule has 0 N–H and O–H groups in total. The minimum Gasteiger partial charge on any atom is -0.469 e. The molecule has 1 aromatic rings. The molecule has 14 heavy (non-hydrogen) atoms. The Balaban J connectivity index is 2.11. The van der Waals surface area contributed by atoms with Crippen LogP contribution in [0.15, 0.2) is 10.7 Å². The quantitative estimate of drug-likeness (QED) is 0.688. The predicted molar refractivity (Wildman–Crippen MR) is 53.3 cm³/mol. The summed E-state index contributed by atoms with van der Waals surface area (Å²) in [6.45, 7) is 4.97. The molecule has 1 saturated heterocycles. The molecule has 0 atom stereocenters. The van der Waals surface area contributed by atoms with Gasteiger partial charge in [0.1, 0.15) is 5.76 Å². The molecule has 1 aliphatic heterocycles. The van der Waals surface area contributed by atoms with E-state index in [0.29, 0.717) is 0 Å². The molecule has 0 radical (unpaired) electrons. The van der Waals surface area contributed by atoms with Crippen LogP contribution in [0.2, 0.25) is 0 Å². The third-order valence-corrected chi connectivity index (χ3v) is 2.81. The fourth-order valence-electron chi connectivity index (χ4n) is 1.98. The lowest BCUT2D eigenvalue weighted by Gasteiger charge is -2.12. The first-order valence-corrected chi connectivity index (χ1v) is 5.06. The highest BCUT2D eigenvalue weighted by Crippen LogP contribution is 2.18. The van der Waals surface area contributed by atoms with Crippen molar-refractivity contribution in [1.29, 1.82) is 0 Å². The largest absolute Gasteiger partial charge is 0.469 e. The molecular weight excluding hydrogens is 178 g/mol. The number of aldehydes is 1. The highest BCUT2D eigenvalue weighted by atomic mass is 16.3. The second-order valence-electron chi connectivity index (χ2n) is 3.83. The van der Waals surface area contributed by atoms with Gasteiger partial charge in [0, 0.05) is 12.1 Å². The normalized spacial score (nSPS) is 17.5. The number of carbonyl (C=O) groups excluding carboxylic acids is 1. The van der Waals surface area contributed by atoms with Gasteiger partial charge in [-0.05, 0) is 32.9 Å².